The maximum absolute atomic E-state index is 10.6. The first-order valence-corrected chi connectivity index (χ1v) is 7.52. The average molecular weight is 315 g/mol. The molecule has 0 saturated heterocycles. The summed E-state index contributed by atoms with van der Waals surface area (Å²) in [6.45, 7) is 1.55. The van der Waals surface area contributed by atoms with Crippen molar-refractivity contribution in [3.8, 4) is 5.75 Å². The van der Waals surface area contributed by atoms with Crippen LogP contribution in [0.1, 0.15) is 17.2 Å². The van der Waals surface area contributed by atoms with Crippen LogP contribution >= 0.6 is 0 Å². The summed E-state index contributed by atoms with van der Waals surface area (Å²) in [5, 5.41) is 21.8. The molecule has 0 bridgehead atoms. The van der Waals surface area contributed by atoms with Gasteiger partial charge in [-0.3, -0.25) is 4.79 Å². The minimum atomic E-state index is -0.847. The van der Waals surface area contributed by atoms with E-state index in [0.29, 0.717) is 25.4 Å². The fourth-order valence-electron chi connectivity index (χ4n) is 2.15. The number of carboxylic acid groups (broad SMARTS) is 1. The molecule has 0 saturated carbocycles. The molecule has 5 nitrogen and oxygen atoms in total. The van der Waals surface area contributed by atoms with Crippen LogP contribution in [0.5, 0.6) is 5.75 Å². The second-order valence-corrected chi connectivity index (χ2v) is 5.19. The minimum Gasteiger partial charge on any atom is -0.492 e. The first kappa shape index (κ1) is 17.0. The van der Waals surface area contributed by atoms with E-state index in [2.05, 4.69) is 5.32 Å². The van der Waals surface area contributed by atoms with Crippen molar-refractivity contribution in [1.82, 2.24) is 5.32 Å². The number of hydrogen-bond acceptors (Lipinski definition) is 4. The molecule has 0 unspecified atom stereocenters. The normalized spacial score (nSPS) is 11.9. The van der Waals surface area contributed by atoms with Crippen LogP contribution in [0.4, 0.5) is 0 Å². The van der Waals surface area contributed by atoms with Gasteiger partial charge in [0.2, 0.25) is 0 Å². The zero-order valence-corrected chi connectivity index (χ0v) is 12.8. The van der Waals surface area contributed by atoms with E-state index in [9.17, 15) is 9.90 Å². The van der Waals surface area contributed by atoms with Crippen LogP contribution in [0.25, 0.3) is 0 Å². The summed E-state index contributed by atoms with van der Waals surface area (Å²) in [4.78, 5) is 10.6. The predicted molar refractivity (Wildman–Crippen MR) is 87.5 cm³/mol. The summed E-state index contributed by atoms with van der Waals surface area (Å²) in [5.74, 6) is -0.149. The Morgan fingerprint density at radius 2 is 1.78 bits per heavy atom. The quantitative estimate of drug-likeness (QED) is 0.617. The molecule has 0 spiro atoms. The standard InChI is InChI=1S/C18H21NO4/c20-17(15-4-2-1-3-5-15)13-19-10-11-23-16-8-6-14(7-9-16)12-18(21)22/h1-9,17,19-20H,10-13H2,(H,21,22)/t17-/m0/s1. The number of benzene rings is 2. The predicted octanol–water partition coefficient (Wildman–Crippen LogP) is 2.02. The molecule has 0 fully saturated rings. The number of rotatable bonds is 9. The minimum absolute atomic E-state index is 0.0131. The van der Waals surface area contributed by atoms with Gasteiger partial charge in [-0.15, -0.1) is 0 Å². The van der Waals surface area contributed by atoms with Crippen LogP contribution in [0.15, 0.2) is 54.6 Å². The molecular formula is C18H21NO4. The third-order valence-electron chi connectivity index (χ3n) is 3.35. The van der Waals surface area contributed by atoms with Crippen molar-refractivity contribution in [1.29, 1.82) is 0 Å². The molecule has 1 atom stereocenters. The highest BCUT2D eigenvalue weighted by Gasteiger charge is 2.05. The van der Waals surface area contributed by atoms with Crippen molar-refractivity contribution in [2.24, 2.45) is 0 Å². The maximum atomic E-state index is 10.6. The van der Waals surface area contributed by atoms with Crippen LogP contribution in [-0.4, -0.2) is 35.9 Å². The summed E-state index contributed by atoms with van der Waals surface area (Å²) >= 11 is 0. The summed E-state index contributed by atoms with van der Waals surface area (Å²) < 4.78 is 5.56. The Hall–Kier alpha value is -2.37. The number of aliphatic hydroxyl groups excluding tert-OH is 1. The smallest absolute Gasteiger partial charge is 0.307 e. The number of aliphatic hydroxyl groups is 1. The van der Waals surface area contributed by atoms with Gasteiger partial charge < -0.3 is 20.3 Å². The van der Waals surface area contributed by atoms with Gasteiger partial charge in [0.05, 0.1) is 12.5 Å². The Labute approximate surface area is 135 Å². The highest BCUT2D eigenvalue weighted by Crippen LogP contribution is 2.13. The number of hydrogen-bond donors (Lipinski definition) is 3. The summed E-state index contributed by atoms with van der Waals surface area (Å²) in [6, 6.07) is 16.5. The molecular weight excluding hydrogens is 294 g/mol. The van der Waals surface area contributed by atoms with E-state index < -0.39 is 12.1 Å². The average Bonchev–Trinajstić information content (AvgIpc) is 2.56. The van der Waals surface area contributed by atoms with Gasteiger partial charge >= 0.3 is 5.97 Å². The van der Waals surface area contributed by atoms with E-state index in [0.717, 1.165) is 11.1 Å². The highest BCUT2D eigenvalue weighted by molar-refractivity contribution is 5.70. The van der Waals surface area contributed by atoms with Crippen molar-refractivity contribution >= 4 is 5.97 Å². The summed E-state index contributed by atoms with van der Waals surface area (Å²) in [5.41, 5.74) is 1.63. The third-order valence-corrected chi connectivity index (χ3v) is 3.35. The Balaban J connectivity index is 1.64. The molecule has 0 aliphatic heterocycles. The Morgan fingerprint density at radius 1 is 1.09 bits per heavy atom. The highest BCUT2D eigenvalue weighted by atomic mass is 16.5. The summed E-state index contributed by atoms with van der Waals surface area (Å²) in [6.07, 6.45) is -0.523. The lowest BCUT2D eigenvalue weighted by molar-refractivity contribution is -0.136. The fraction of sp³-hybridized carbons (Fsp3) is 0.278. The van der Waals surface area contributed by atoms with E-state index in [1.54, 1.807) is 24.3 Å². The molecule has 0 heterocycles. The zero-order chi connectivity index (χ0) is 16.5. The molecule has 3 N–H and O–H groups in total. The van der Waals surface area contributed by atoms with Crippen LogP contribution < -0.4 is 10.1 Å². The van der Waals surface area contributed by atoms with E-state index in [1.165, 1.54) is 0 Å². The van der Waals surface area contributed by atoms with Crippen LogP contribution in [0.3, 0.4) is 0 Å². The van der Waals surface area contributed by atoms with Gasteiger partial charge in [-0.25, -0.2) is 0 Å². The topological polar surface area (TPSA) is 78.8 Å². The molecule has 0 radical (unpaired) electrons. The first-order chi connectivity index (χ1) is 11.1. The largest absolute Gasteiger partial charge is 0.492 e. The van der Waals surface area contributed by atoms with Gasteiger partial charge in [-0.2, -0.15) is 0 Å². The van der Waals surface area contributed by atoms with Crippen LogP contribution in [0.2, 0.25) is 0 Å². The number of ether oxygens (including phenoxy) is 1. The van der Waals surface area contributed by atoms with Crippen molar-refractivity contribution in [2.45, 2.75) is 12.5 Å². The number of carboxylic acids is 1. The molecule has 0 aliphatic rings. The molecule has 2 rings (SSSR count). The van der Waals surface area contributed by atoms with Crippen LogP contribution in [-0.2, 0) is 11.2 Å². The van der Waals surface area contributed by atoms with Crippen molar-refractivity contribution in [3.63, 3.8) is 0 Å². The lowest BCUT2D eigenvalue weighted by Gasteiger charge is -2.12. The lowest BCUT2D eigenvalue weighted by Crippen LogP contribution is -2.26. The van der Waals surface area contributed by atoms with E-state index in [1.807, 2.05) is 30.3 Å². The third kappa shape index (κ3) is 6.10. The van der Waals surface area contributed by atoms with Gasteiger partial charge in [0.25, 0.3) is 0 Å². The lowest BCUT2D eigenvalue weighted by atomic mass is 10.1. The first-order valence-electron chi connectivity index (χ1n) is 7.52. The second kappa shape index (κ2) is 8.92. The molecule has 5 heteroatoms. The van der Waals surface area contributed by atoms with Crippen LogP contribution in [0, 0.1) is 0 Å². The summed E-state index contributed by atoms with van der Waals surface area (Å²) in [7, 11) is 0. The Bertz CT molecular complexity index is 598. The van der Waals surface area contributed by atoms with Gasteiger partial charge in [0, 0.05) is 13.1 Å². The molecule has 2 aromatic rings. The second-order valence-electron chi connectivity index (χ2n) is 5.19. The number of nitrogens with one attached hydrogen (secondary N) is 1. The molecule has 23 heavy (non-hydrogen) atoms. The number of aliphatic carboxylic acids is 1. The maximum Gasteiger partial charge on any atom is 0.307 e. The van der Waals surface area contributed by atoms with E-state index >= 15 is 0 Å². The Morgan fingerprint density at radius 3 is 2.43 bits per heavy atom. The van der Waals surface area contributed by atoms with Gasteiger partial charge in [-0.05, 0) is 23.3 Å². The van der Waals surface area contributed by atoms with Gasteiger partial charge in [-0.1, -0.05) is 42.5 Å². The van der Waals surface area contributed by atoms with Crippen molar-refractivity contribution in [2.75, 3.05) is 19.7 Å². The van der Waals surface area contributed by atoms with E-state index in [4.69, 9.17) is 9.84 Å². The van der Waals surface area contributed by atoms with E-state index in [-0.39, 0.29) is 6.42 Å². The Kier molecular flexibility index (Phi) is 6.59. The molecule has 0 amide bonds. The zero-order valence-electron chi connectivity index (χ0n) is 12.8. The molecule has 122 valence electrons. The van der Waals surface area contributed by atoms with Gasteiger partial charge in [0.15, 0.2) is 0 Å². The monoisotopic (exact) mass is 315 g/mol. The molecule has 0 aliphatic carbocycles. The van der Waals surface area contributed by atoms with Crippen molar-refractivity contribution in [3.05, 3.63) is 65.7 Å². The molecule has 2 aromatic carbocycles. The SMILES string of the molecule is O=C(O)Cc1ccc(OCCNC[C@H](O)c2ccccc2)cc1. The van der Waals surface area contributed by atoms with Crippen molar-refractivity contribution < 1.29 is 19.7 Å². The number of carbonyl (C=O) groups is 1. The van der Waals surface area contributed by atoms with Gasteiger partial charge in [0.1, 0.15) is 12.4 Å². The fourth-order valence-corrected chi connectivity index (χ4v) is 2.15. The molecule has 0 aromatic heterocycles.